The fourth-order valence-electron chi connectivity index (χ4n) is 3.45. The molecule has 0 saturated carbocycles. The number of H-pyrrole nitrogens is 1. The van der Waals surface area contributed by atoms with Gasteiger partial charge in [-0.25, -0.2) is 4.72 Å². The Kier molecular flexibility index (Phi) is 8.17. The van der Waals surface area contributed by atoms with Gasteiger partial charge < -0.3 is 15.6 Å². The van der Waals surface area contributed by atoms with Crippen molar-refractivity contribution in [2.45, 2.75) is 39.2 Å². The van der Waals surface area contributed by atoms with Crippen LogP contribution in [0.1, 0.15) is 32.3 Å². The maximum Gasteiger partial charge on any atom is 0.359 e. The molecule has 5 N–H and O–H groups in total. The summed E-state index contributed by atoms with van der Waals surface area (Å²) in [5.41, 5.74) is 1.74. The monoisotopic (exact) mass is 452 g/mol. The zero-order valence-electron chi connectivity index (χ0n) is 17.6. The summed E-state index contributed by atoms with van der Waals surface area (Å²) < 4.78 is 32.0. The second-order valence-electron chi connectivity index (χ2n) is 7.77. The fourth-order valence-corrected chi connectivity index (χ4v) is 3.83. The van der Waals surface area contributed by atoms with E-state index in [-0.39, 0.29) is 18.8 Å². The summed E-state index contributed by atoms with van der Waals surface area (Å²) in [5, 5.41) is 6.14. The molecule has 2 unspecified atom stereocenters. The van der Waals surface area contributed by atoms with Crippen molar-refractivity contribution in [1.82, 2.24) is 20.3 Å². The highest BCUT2D eigenvalue weighted by atomic mass is 32.2. The molecule has 0 saturated heterocycles. The minimum absolute atomic E-state index is 0.0290. The van der Waals surface area contributed by atoms with Crippen LogP contribution in [0.5, 0.6) is 0 Å². The SMILES string of the molecule is CNC(=O)C(Cc1c[nH]c2ccccc12)NC(=O)C(CC(=O)NS(=O)(=O)O)CC(C)C. The fraction of sp³-hybridized carbons (Fsp3) is 0.450. The second kappa shape index (κ2) is 10.4. The normalized spacial score (nSPS) is 13.6. The molecule has 31 heavy (non-hydrogen) atoms. The number of para-hydroxylation sites is 1. The number of fused-ring (bicyclic) bond motifs is 1. The molecule has 10 nitrogen and oxygen atoms in total. The maximum absolute atomic E-state index is 12.9. The number of nitrogens with one attached hydrogen (secondary N) is 4. The lowest BCUT2D eigenvalue weighted by molar-refractivity contribution is -0.133. The number of carbonyl (C=O) groups is 3. The number of hydrogen-bond donors (Lipinski definition) is 5. The predicted molar refractivity (Wildman–Crippen MR) is 115 cm³/mol. The molecule has 2 aromatic rings. The summed E-state index contributed by atoms with van der Waals surface area (Å²) in [6.45, 7) is 3.70. The molecule has 0 radical (unpaired) electrons. The summed E-state index contributed by atoms with van der Waals surface area (Å²) in [6.07, 6.45) is 1.84. The van der Waals surface area contributed by atoms with E-state index in [0.29, 0.717) is 0 Å². The van der Waals surface area contributed by atoms with Gasteiger partial charge in [0.25, 0.3) is 0 Å². The number of amides is 3. The third-order valence-corrected chi connectivity index (χ3v) is 5.27. The van der Waals surface area contributed by atoms with Crippen molar-refractivity contribution in [3.05, 3.63) is 36.0 Å². The van der Waals surface area contributed by atoms with Crippen LogP contribution in [-0.2, 0) is 31.1 Å². The van der Waals surface area contributed by atoms with Crippen LogP contribution in [0.25, 0.3) is 10.9 Å². The van der Waals surface area contributed by atoms with Gasteiger partial charge in [-0.1, -0.05) is 32.0 Å². The zero-order valence-corrected chi connectivity index (χ0v) is 18.5. The molecule has 1 aromatic heterocycles. The van der Waals surface area contributed by atoms with Crippen molar-refractivity contribution in [2.24, 2.45) is 11.8 Å². The maximum atomic E-state index is 12.9. The largest absolute Gasteiger partial charge is 0.361 e. The van der Waals surface area contributed by atoms with Crippen LogP contribution in [0.15, 0.2) is 30.5 Å². The van der Waals surface area contributed by atoms with E-state index in [9.17, 15) is 22.8 Å². The first-order valence-electron chi connectivity index (χ1n) is 9.85. The first-order chi connectivity index (χ1) is 14.5. The van der Waals surface area contributed by atoms with Crippen molar-refractivity contribution >= 4 is 38.9 Å². The van der Waals surface area contributed by atoms with Crippen molar-refractivity contribution in [1.29, 1.82) is 0 Å². The summed E-state index contributed by atoms with van der Waals surface area (Å²) in [6, 6.07) is 6.68. The van der Waals surface area contributed by atoms with Crippen LogP contribution in [0.2, 0.25) is 0 Å². The van der Waals surface area contributed by atoms with Gasteiger partial charge in [-0.05, 0) is 24.0 Å². The Morgan fingerprint density at radius 2 is 1.81 bits per heavy atom. The number of aromatic amines is 1. The van der Waals surface area contributed by atoms with Crippen molar-refractivity contribution in [2.75, 3.05) is 7.05 Å². The number of benzene rings is 1. The summed E-state index contributed by atoms with van der Waals surface area (Å²) >= 11 is 0. The second-order valence-corrected chi connectivity index (χ2v) is 8.92. The van der Waals surface area contributed by atoms with E-state index in [2.05, 4.69) is 15.6 Å². The van der Waals surface area contributed by atoms with E-state index in [1.54, 1.807) is 6.20 Å². The van der Waals surface area contributed by atoms with Gasteiger partial charge in [0.1, 0.15) is 6.04 Å². The van der Waals surface area contributed by atoms with Gasteiger partial charge in [-0.3, -0.25) is 18.9 Å². The number of carbonyl (C=O) groups excluding carboxylic acids is 3. The average molecular weight is 453 g/mol. The Labute approximate surface area is 181 Å². The quantitative estimate of drug-likeness (QED) is 0.337. The Morgan fingerprint density at radius 1 is 1.13 bits per heavy atom. The average Bonchev–Trinajstić information content (AvgIpc) is 3.07. The summed E-state index contributed by atoms with van der Waals surface area (Å²) in [7, 11) is -3.26. The lowest BCUT2D eigenvalue weighted by Crippen LogP contribution is -2.49. The summed E-state index contributed by atoms with van der Waals surface area (Å²) in [5.74, 6) is -2.80. The highest BCUT2D eigenvalue weighted by molar-refractivity contribution is 7.84. The van der Waals surface area contributed by atoms with Gasteiger partial charge in [0.15, 0.2) is 0 Å². The minimum atomic E-state index is -4.72. The van der Waals surface area contributed by atoms with E-state index in [4.69, 9.17) is 4.55 Å². The number of rotatable bonds is 10. The molecular formula is C20H28N4O6S. The molecule has 0 aliphatic heterocycles. The van der Waals surface area contributed by atoms with Crippen LogP contribution in [0.4, 0.5) is 0 Å². The Bertz CT molecular complexity index is 1050. The van der Waals surface area contributed by atoms with Crippen LogP contribution >= 0.6 is 0 Å². The molecule has 170 valence electrons. The smallest absolute Gasteiger partial charge is 0.359 e. The Balaban J connectivity index is 2.19. The third kappa shape index (κ3) is 7.37. The molecule has 0 aliphatic carbocycles. The van der Waals surface area contributed by atoms with Crippen molar-refractivity contribution in [3.63, 3.8) is 0 Å². The lowest BCUT2D eigenvalue weighted by Gasteiger charge is -2.22. The van der Waals surface area contributed by atoms with E-state index in [0.717, 1.165) is 16.5 Å². The van der Waals surface area contributed by atoms with Crippen LogP contribution in [0, 0.1) is 11.8 Å². The summed E-state index contributed by atoms with van der Waals surface area (Å²) in [4.78, 5) is 40.4. The molecule has 2 rings (SSSR count). The van der Waals surface area contributed by atoms with Gasteiger partial charge in [0, 0.05) is 42.9 Å². The molecule has 3 amide bonds. The van der Waals surface area contributed by atoms with Crippen LogP contribution in [-0.4, -0.2) is 48.8 Å². The van der Waals surface area contributed by atoms with Gasteiger partial charge in [0.2, 0.25) is 17.7 Å². The van der Waals surface area contributed by atoms with E-state index >= 15 is 0 Å². The van der Waals surface area contributed by atoms with Gasteiger partial charge in [-0.2, -0.15) is 8.42 Å². The molecule has 1 aromatic carbocycles. The first kappa shape index (κ1) is 24.4. The zero-order chi connectivity index (χ0) is 23.2. The molecular weight excluding hydrogens is 424 g/mol. The van der Waals surface area contributed by atoms with Gasteiger partial charge in [-0.15, -0.1) is 0 Å². The molecule has 2 atom stereocenters. The highest BCUT2D eigenvalue weighted by Crippen LogP contribution is 2.20. The van der Waals surface area contributed by atoms with E-state index in [1.807, 2.05) is 38.1 Å². The lowest BCUT2D eigenvalue weighted by atomic mass is 9.92. The van der Waals surface area contributed by atoms with Crippen LogP contribution < -0.4 is 15.4 Å². The first-order valence-corrected chi connectivity index (χ1v) is 11.3. The standard InChI is InChI=1S/C20H28N4O6S/c1-12(2)8-13(10-18(25)24-31(28,29)30)19(26)23-17(20(27)21-3)9-14-11-22-16-7-5-4-6-15(14)16/h4-7,11-13,17,22H,8-10H2,1-3H3,(H,21,27)(H,23,26)(H,24,25)(H,28,29,30). The van der Waals surface area contributed by atoms with Gasteiger partial charge in [0.05, 0.1) is 0 Å². The molecule has 0 bridgehead atoms. The van der Waals surface area contributed by atoms with E-state index in [1.165, 1.54) is 11.8 Å². The highest BCUT2D eigenvalue weighted by Gasteiger charge is 2.29. The number of aromatic nitrogens is 1. The Morgan fingerprint density at radius 3 is 2.42 bits per heavy atom. The topological polar surface area (TPSA) is 157 Å². The third-order valence-electron chi connectivity index (χ3n) is 4.78. The molecule has 0 spiro atoms. The van der Waals surface area contributed by atoms with Crippen molar-refractivity contribution in [3.8, 4) is 0 Å². The van der Waals surface area contributed by atoms with Crippen molar-refractivity contribution < 1.29 is 27.4 Å². The number of hydrogen-bond acceptors (Lipinski definition) is 5. The van der Waals surface area contributed by atoms with Gasteiger partial charge >= 0.3 is 10.3 Å². The van der Waals surface area contributed by atoms with E-state index < -0.39 is 46.4 Å². The minimum Gasteiger partial charge on any atom is -0.361 e. The molecule has 0 aliphatic rings. The molecule has 1 heterocycles. The molecule has 11 heteroatoms. The predicted octanol–water partition coefficient (Wildman–Crippen LogP) is 0.913. The molecule has 0 fully saturated rings. The number of likely N-dealkylation sites (N-methyl/N-ethyl adjacent to an activating group) is 1. The Hall–Kier alpha value is -2.92. The van der Waals surface area contributed by atoms with Crippen LogP contribution in [0.3, 0.4) is 0 Å².